The Hall–Kier alpha value is -1.75. The van der Waals surface area contributed by atoms with Crippen LogP contribution >= 0.6 is 0 Å². The van der Waals surface area contributed by atoms with E-state index in [-0.39, 0.29) is 11.8 Å². The van der Waals surface area contributed by atoms with E-state index in [9.17, 15) is 4.79 Å². The van der Waals surface area contributed by atoms with E-state index in [0.717, 1.165) is 6.54 Å². The molecule has 1 aromatic rings. The quantitative estimate of drug-likeness (QED) is 0.791. The number of benzene rings is 1. The number of hydrogen-bond donors (Lipinski definition) is 2. The minimum Gasteiger partial charge on any atom is -0.497 e. The Balaban J connectivity index is 2.72. The number of amides is 1. The van der Waals surface area contributed by atoms with Gasteiger partial charge in [0.05, 0.1) is 14.2 Å². The fraction of sp³-hybridized carbons (Fsp3) is 0.500. The molecule has 19 heavy (non-hydrogen) atoms. The van der Waals surface area contributed by atoms with Gasteiger partial charge < -0.3 is 20.1 Å². The van der Waals surface area contributed by atoms with E-state index in [0.29, 0.717) is 23.7 Å². The molecule has 1 rings (SSSR count). The zero-order valence-electron chi connectivity index (χ0n) is 11.9. The minimum absolute atomic E-state index is 0.0312. The highest BCUT2D eigenvalue weighted by molar-refractivity contribution is 5.92. The van der Waals surface area contributed by atoms with Crippen LogP contribution < -0.4 is 20.1 Å². The lowest BCUT2D eigenvalue weighted by Crippen LogP contribution is -2.30. The molecule has 0 aliphatic rings. The maximum Gasteiger partial charge on any atom is 0.228 e. The van der Waals surface area contributed by atoms with Gasteiger partial charge in [0.15, 0.2) is 0 Å². The minimum atomic E-state index is -0.0999. The maximum absolute atomic E-state index is 12.0. The Morgan fingerprint density at radius 3 is 2.26 bits per heavy atom. The van der Waals surface area contributed by atoms with Crippen molar-refractivity contribution < 1.29 is 14.3 Å². The molecule has 0 aliphatic heterocycles. The van der Waals surface area contributed by atoms with Gasteiger partial charge in [-0.2, -0.15) is 0 Å². The van der Waals surface area contributed by atoms with Gasteiger partial charge in [-0.05, 0) is 6.54 Å². The van der Waals surface area contributed by atoms with Gasteiger partial charge in [-0.1, -0.05) is 13.8 Å². The molecular weight excluding hydrogens is 244 g/mol. The van der Waals surface area contributed by atoms with Crippen molar-refractivity contribution in [2.75, 3.05) is 32.6 Å². The third-order valence-electron chi connectivity index (χ3n) is 2.77. The molecule has 0 aliphatic carbocycles. The van der Waals surface area contributed by atoms with E-state index in [1.807, 2.05) is 13.8 Å². The van der Waals surface area contributed by atoms with E-state index in [2.05, 4.69) is 10.6 Å². The van der Waals surface area contributed by atoms with Crippen LogP contribution in [-0.2, 0) is 4.79 Å². The molecular formula is C14H22N2O3. The molecule has 0 saturated carbocycles. The molecule has 1 atom stereocenters. The van der Waals surface area contributed by atoms with Crippen molar-refractivity contribution in [3.63, 3.8) is 0 Å². The average molecular weight is 266 g/mol. The monoisotopic (exact) mass is 266 g/mol. The smallest absolute Gasteiger partial charge is 0.228 e. The second-order valence-corrected chi connectivity index (χ2v) is 4.30. The second kappa shape index (κ2) is 7.63. The lowest BCUT2D eigenvalue weighted by Gasteiger charge is -2.14. The largest absolute Gasteiger partial charge is 0.497 e. The summed E-state index contributed by atoms with van der Waals surface area (Å²) >= 11 is 0. The molecule has 1 amide bonds. The molecule has 0 radical (unpaired) electrons. The maximum atomic E-state index is 12.0. The molecule has 0 fully saturated rings. The van der Waals surface area contributed by atoms with E-state index in [4.69, 9.17) is 9.47 Å². The average Bonchev–Trinajstić information content (AvgIpc) is 2.43. The second-order valence-electron chi connectivity index (χ2n) is 4.30. The number of anilines is 1. The lowest BCUT2D eigenvalue weighted by atomic mass is 10.1. The Labute approximate surface area is 114 Å². The van der Waals surface area contributed by atoms with E-state index in [1.165, 1.54) is 0 Å². The van der Waals surface area contributed by atoms with Gasteiger partial charge >= 0.3 is 0 Å². The highest BCUT2D eigenvalue weighted by atomic mass is 16.5. The van der Waals surface area contributed by atoms with Crippen molar-refractivity contribution in [1.29, 1.82) is 0 Å². The van der Waals surface area contributed by atoms with Crippen molar-refractivity contribution in [2.24, 2.45) is 5.92 Å². The molecule has 2 N–H and O–H groups in total. The molecule has 1 aromatic carbocycles. The molecule has 0 bridgehead atoms. The van der Waals surface area contributed by atoms with Gasteiger partial charge in [-0.25, -0.2) is 0 Å². The molecule has 0 aromatic heterocycles. The van der Waals surface area contributed by atoms with Crippen LogP contribution in [0.1, 0.15) is 13.8 Å². The summed E-state index contributed by atoms with van der Waals surface area (Å²) in [5.74, 6) is 1.16. The summed E-state index contributed by atoms with van der Waals surface area (Å²) in [7, 11) is 3.16. The van der Waals surface area contributed by atoms with Gasteiger partial charge in [0, 0.05) is 36.3 Å². The fourth-order valence-electron chi connectivity index (χ4n) is 1.60. The zero-order chi connectivity index (χ0) is 14.3. The third kappa shape index (κ3) is 4.79. The van der Waals surface area contributed by atoms with E-state index < -0.39 is 0 Å². The summed E-state index contributed by atoms with van der Waals surface area (Å²) in [6.45, 7) is 5.40. The highest BCUT2D eigenvalue weighted by Gasteiger charge is 2.13. The third-order valence-corrected chi connectivity index (χ3v) is 2.77. The summed E-state index contributed by atoms with van der Waals surface area (Å²) in [5.41, 5.74) is 0.671. The van der Waals surface area contributed by atoms with Gasteiger partial charge in [-0.3, -0.25) is 4.79 Å². The molecule has 5 nitrogen and oxygen atoms in total. The molecule has 0 heterocycles. The fourth-order valence-corrected chi connectivity index (χ4v) is 1.60. The first-order valence-electron chi connectivity index (χ1n) is 6.35. The van der Waals surface area contributed by atoms with Crippen molar-refractivity contribution in [2.45, 2.75) is 13.8 Å². The normalized spacial score (nSPS) is 11.8. The molecule has 5 heteroatoms. The summed E-state index contributed by atoms with van der Waals surface area (Å²) in [4.78, 5) is 12.0. The SMILES string of the molecule is CCNCC(C)C(=O)Nc1cc(OC)cc(OC)c1. The van der Waals surface area contributed by atoms with E-state index >= 15 is 0 Å². The lowest BCUT2D eigenvalue weighted by molar-refractivity contribution is -0.119. The predicted molar refractivity (Wildman–Crippen MR) is 75.9 cm³/mol. The number of ether oxygens (including phenoxy) is 2. The van der Waals surface area contributed by atoms with Crippen LogP contribution in [0.3, 0.4) is 0 Å². The van der Waals surface area contributed by atoms with Crippen LogP contribution in [0.4, 0.5) is 5.69 Å². The van der Waals surface area contributed by atoms with Crippen LogP contribution in [-0.4, -0.2) is 33.2 Å². The summed E-state index contributed by atoms with van der Waals surface area (Å²) in [6, 6.07) is 5.29. The van der Waals surface area contributed by atoms with Gasteiger partial charge in [0.2, 0.25) is 5.91 Å². The van der Waals surface area contributed by atoms with Crippen LogP contribution in [0.5, 0.6) is 11.5 Å². The summed E-state index contributed by atoms with van der Waals surface area (Å²) in [6.07, 6.45) is 0. The standard InChI is InChI=1S/C14H22N2O3/c1-5-15-9-10(2)14(17)16-11-6-12(18-3)8-13(7-11)19-4/h6-8,10,15H,5,9H2,1-4H3,(H,16,17). The van der Waals surface area contributed by atoms with Crippen molar-refractivity contribution >= 4 is 11.6 Å². The Morgan fingerprint density at radius 1 is 1.21 bits per heavy atom. The first-order chi connectivity index (χ1) is 9.10. The van der Waals surface area contributed by atoms with Gasteiger partial charge in [0.25, 0.3) is 0 Å². The Morgan fingerprint density at radius 2 is 1.79 bits per heavy atom. The number of methoxy groups -OCH3 is 2. The number of carbonyl (C=O) groups excluding carboxylic acids is 1. The molecule has 0 saturated heterocycles. The van der Waals surface area contributed by atoms with Crippen LogP contribution in [0.25, 0.3) is 0 Å². The van der Waals surface area contributed by atoms with Crippen molar-refractivity contribution in [1.82, 2.24) is 5.32 Å². The first-order valence-corrected chi connectivity index (χ1v) is 6.35. The van der Waals surface area contributed by atoms with Gasteiger partial charge in [-0.15, -0.1) is 0 Å². The summed E-state index contributed by atoms with van der Waals surface area (Å²) in [5, 5.41) is 6.01. The number of hydrogen-bond acceptors (Lipinski definition) is 4. The highest BCUT2D eigenvalue weighted by Crippen LogP contribution is 2.25. The number of carbonyl (C=O) groups is 1. The number of nitrogens with one attached hydrogen (secondary N) is 2. The van der Waals surface area contributed by atoms with Crippen LogP contribution in [0, 0.1) is 5.92 Å². The number of rotatable bonds is 7. The molecule has 1 unspecified atom stereocenters. The van der Waals surface area contributed by atoms with E-state index in [1.54, 1.807) is 32.4 Å². The zero-order valence-corrected chi connectivity index (χ0v) is 11.9. The first kappa shape index (κ1) is 15.3. The van der Waals surface area contributed by atoms with Gasteiger partial charge in [0.1, 0.15) is 11.5 Å². The Kier molecular flexibility index (Phi) is 6.15. The summed E-state index contributed by atoms with van der Waals surface area (Å²) < 4.78 is 10.3. The molecule has 106 valence electrons. The molecule has 0 spiro atoms. The Bertz CT molecular complexity index is 399. The van der Waals surface area contributed by atoms with Crippen LogP contribution in [0.15, 0.2) is 18.2 Å². The van der Waals surface area contributed by atoms with Crippen molar-refractivity contribution in [3.05, 3.63) is 18.2 Å². The predicted octanol–water partition coefficient (Wildman–Crippen LogP) is 1.89. The topological polar surface area (TPSA) is 59.6 Å². The van der Waals surface area contributed by atoms with Crippen LogP contribution in [0.2, 0.25) is 0 Å². The van der Waals surface area contributed by atoms with Crippen molar-refractivity contribution in [3.8, 4) is 11.5 Å².